The lowest BCUT2D eigenvalue weighted by Gasteiger charge is -2.21. The van der Waals surface area contributed by atoms with Gasteiger partial charge >= 0.3 is 0 Å². The van der Waals surface area contributed by atoms with Crippen molar-refractivity contribution in [3.8, 4) is 6.01 Å². The van der Waals surface area contributed by atoms with Gasteiger partial charge in [-0.15, -0.1) is 0 Å². The maximum atomic E-state index is 5.74. The van der Waals surface area contributed by atoms with Crippen molar-refractivity contribution in [3.63, 3.8) is 0 Å². The van der Waals surface area contributed by atoms with Crippen molar-refractivity contribution < 1.29 is 4.74 Å². The highest BCUT2D eigenvalue weighted by Crippen LogP contribution is 2.17. The van der Waals surface area contributed by atoms with Gasteiger partial charge in [0.1, 0.15) is 0 Å². The minimum Gasteiger partial charge on any atom is -0.464 e. The molecule has 1 aromatic carbocycles. The lowest BCUT2D eigenvalue weighted by molar-refractivity contribution is 0.204. The van der Waals surface area contributed by atoms with Crippen molar-refractivity contribution in [2.24, 2.45) is 5.92 Å². The second-order valence-corrected chi connectivity index (χ2v) is 4.56. The number of para-hydroxylation sites is 2. The first-order valence-corrected chi connectivity index (χ1v) is 6.20. The summed E-state index contributed by atoms with van der Waals surface area (Å²) in [7, 11) is 0. The molecule has 1 aliphatic rings. The summed E-state index contributed by atoms with van der Waals surface area (Å²) in [6, 6.07) is 8.63. The molecule has 17 heavy (non-hydrogen) atoms. The Labute approximate surface area is 100 Å². The van der Waals surface area contributed by atoms with Crippen molar-refractivity contribution in [2.75, 3.05) is 19.7 Å². The Morgan fingerprint density at radius 3 is 2.88 bits per heavy atom. The van der Waals surface area contributed by atoms with E-state index < -0.39 is 0 Å². The Hall–Kier alpha value is -1.55. The number of aromatic nitrogens is 2. The number of H-pyrrole nitrogens is 1. The molecule has 1 aromatic heterocycles. The van der Waals surface area contributed by atoms with Gasteiger partial charge in [0, 0.05) is 0 Å². The number of ether oxygens (including phenoxy) is 1. The summed E-state index contributed by atoms with van der Waals surface area (Å²) in [6.07, 6.45) is 2.39. The summed E-state index contributed by atoms with van der Waals surface area (Å²) < 4.78 is 5.74. The van der Waals surface area contributed by atoms with Crippen LogP contribution in [0.25, 0.3) is 11.0 Å². The Kier molecular flexibility index (Phi) is 2.96. The van der Waals surface area contributed by atoms with Gasteiger partial charge in [0.2, 0.25) is 0 Å². The number of hydrogen-bond donors (Lipinski definition) is 2. The summed E-state index contributed by atoms with van der Waals surface area (Å²) in [5.74, 6) is 0.657. The quantitative estimate of drug-likeness (QED) is 0.848. The maximum absolute atomic E-state index is 5.74. The highest BCUT2D eigenvalue weighted by atomic mass is 16.5. The Morgan fingerprint density at radius 2 is 2.06 bits per heavy atom. The van der Waals surface area contributed by atoms with E-state index in [0.29, 0.717) is 11.9 Å². The van der Waals surface area contributed by atoms with Crippen LogP contribution in [0.1, 0.15) is 12.8 Å². The normalized spacial score (nSPS) is 17.4. The first-order chi connectivity index (χ1) is 8.42. The molecule has 0 aliphatic carbocycles. The first kappa shape index (κ1) is 10.6. The molecule has 0 spiro atoms. The molecule has 1 saturated heterocycles. The molecule has 2 aromatic rings. The van der Waals surface area contributed by atoms with Crippen molar-refractivity contribution >= 4 is 11.0 Å². The van der Waals surface area contributed by atoms with Gasteiger partial charge in [0.25, 0.3) is 6.01 Å². The molecule has 2 heterocycles. The van der Waals surface area contributed by atoms with Crippen LogP contribution < -0.4 is 10.1 Å². The molecule has 0 amide bonds. The standard InChI is InChI=1S/C13H17N3O/c1-2-4-12-11(3-1)15-13(16-12)17-9-10-5-7-14-8-6-10/h1-4,10,14H,5-9H2,(H,15,16). The molecule has 0 radical (unpaired) electrons. The van der Waals surface area contributed by atoms with E-state index in [1.807, 2.05) is 24.3 Å². The Bertz CT molecular complexity index is 455. The third-order valence-electron chi connectivity index (χ3n) is 3.28. The van der Waals surface area contributed by atoms with Gasteiger partial charge < -0.3 is 15.0 Å². The molecular weight excluding hydrogens is 214 g/mol. The highest BCUT2D eigenvalue weighted by Gasteiger charge is 2.14. The van der Waals surface area contributed by atoms with E-state index in [4.69, 9.17) is 4.74 Å². The van der Waals surface area contributed by atoms with Crippen LogP contribution in [0, 0.1) is 5.92 Å². The van der Waals surface area contributed by atoms with Crippen LogP contribution in [0.4, 0.5) is 0 Å². The van der Waals surface area contributed by atoms with E-state index in [9.17, 15) is 0 Å². The van der Waals surface area contributed by atoms with E-state index in [1.54, 1.807) is 0 Å². The summed E-state index contributed by atoms with van der Waals surface area (Å²) in [5, 5.41) is 3.36. The zero-order chi connectivity index (χ0) is 11.5. The number of benzene rings is 1. The second kappa shape index (κ2) is 4.75. The maximum Gasteiger partial charge on any atom is 0.294 e. The molecule has 4 nitrogen and oxygen atoms in total. The van der Waals surface area contributed by atoms with Crippen LogP contribution in [0.3, 0.4) is 0 Å². The van der Waals surface area contributed by atoms with E-state index in [1.165, 1.54) is 12.8 Å². The third-order valence-corrected chi connectivity index (χ3v) is 3.28. The van der Waals surface area contributed by atoms with Crippen molar-refractivity contribution in [1.29, 1.82) is 0 Å². The van der Waals surface area contributed by atoms with Crippen LogP contribution in [0.2, 0.25) is 0 Å². The summed E-state index contributed by atoms with van der Waals surface area (Å²) in [6.45, 7) is 2.98. The van der Waals surface area contributed by atoms with E-state index >= 15 is 0 Å². The molecule has 4 heteroatoms. The minimum atomic E-state index is 0.643. The van der Waals surface area contributed by atoms with Crippen molar-refractivity contribution in [1.82, 2.24) is 15.3 Å². The van der Waals surface area contributed by atoms with Gasteiger partial charge in [0.05, 0.1) is 17.6 Å². The van der Waals surface area contributed by atoms with Gasteiger partial charge in [-0.2, -0.15) is 4.98 Å². The lowest BCUT2D eigenvalue weighted by atomic mass is 9.99. The number of nitrogens with zero attached hydrogens (tertiary/aromatic N) is 1. The molecule has 2 N–H and O–H groups in total. The van der Waals surface area contributed by atoms with Crippen LogP contribution in [-0.4, -0.2) is 29.7 Å². The summed E-state index contributed by atoms with van der Waals surface area (Å²) in [4.78, 5) is 7.59. The van der Waals surface area contributed by atoms with Gasteiger partial charge in [-0.1, -0.05) is 12.1 Å². The smallest absolute Gasteiger partial charge is 0.294 e. The molecular formula is C13H17N3O. The van der Waals surface area contributed by atoms with Gasteiger partial charge in [-0.05, 0) is 44.0 Å². The average molecular weight is 231 g/mol. The fourth-order valence-corrected chi connectivity index (χ4v) is 2.24. The molecule has 0 unspecified atom stereocenters. The summed E-state index contributed by atoms with van der Waals surface area (Å²) >= 11 is 0. The molecule has 3 rings (SSSR count). The SMILES string of the molecule is c1ccc2[nH]c(OCC3CCNCC3)nc2c1. The predicted octanol–water partition coefficient (Wildman–Crippen LogP) is 1.94. The molecule has 1 fully saturated rings. The molecule has 0 saturated carbocycles. The fraction of sp³-hybridized carbons (Fsp3) is 0.462. The highest BCUT2D eigenvalue weighted by molar-refractivity contribution is 5.75. The van der Waals surface area contributed by atoms with Gasteiger partial charge in [-0.25, -0.2) is 0 Å². The zero-order valence-corrected chi connectivity index (χ0v) is 9.78. The van der Waals surface area contributed by atoms with Gasteiger partial charge in [0.15, 0.2) is 0 Å². The Balaban J connectivity index is 1.64. The monoisotopic (exact) mass is 231 g/mol. The molecule has 1 aliphatic heterocycles. The number of piperidine rings is 1. The van der Waals surface area contributed by atoms with Crippen LogP contribution in [-0.2, 0) is 0 Å². The molecule has 0 atom stereocenters. The average Bonchev–Trinajstić information content (AvgIpc) is 2.80. The Morgan fingerprint density at radius 1 is 1.24 bits per heavy atom. The number of aromatic amines is 1. The summed E-state index contributed by atoms with van der Waals surface area (Å²) in [5.41, 5.74) is 2.00. The van der Waals surface area contributed by atoms with E-state index in [-0.39, 0.29) is 0 Å². The van der Waals surface area contributed by atoms with Crippen LogP contribution >= 0.6 is 0 Å². The van der Waals surface area contributed by atoms with Gasteiger partial charge in [-0.3, -0.25) is 0 Å². The fourth-order valence-electron chi connectivity index (χ4n) is 2.24. The number of hydrogen-bond acceptors (Lipinski definition) is 3. The molecule has 0 bridgehead atoms. The second-order valence-electron chi connectivity index (χ2n) is 4.56. The van der Waals surface area contributed by atoms with E-state index in [0.717, 1.165) is 30.7 Å². The van der Waals surface area contributed by atoms with Crippen molar-refractivity contribution in [3.05, 3.63) is 24.3 Å². The minimum absolute atomic E-state index is 0.643. The predicted molar refractivity (Wildman–Crippen MR) is 67.2 cm³/mol. The van der Waals surface area contributed by atoms with E-state index in [2.05, 4.69) is 15.3 Å². The largest absolute Gasteiger partial charge is 0.464 e. The number of imidazole rings is 1. The number of nitrogens with one attached hydrogen (secondary N) is 2. The number of rotatable bonds is 3. The van der Waals surface area contributed by atoms with Crippen molar-refractivity contribution in [2.45, 2.75) is 12.8 Å². The third kappa shape index (κ3) is 2.42. The molecule has 90 valence electrons. The van der Waals surface area contributed by atoms with Crippen LogP contribution in [0.15, 0.2) is 24.3 Å². The zero-order valence-electron chi connectivity index (χ0n) is 9.78. The van der Waals surface area contributed by atoms with Crippen LogP contribution in [0.5, 0.6) is 6.01 Å². The first-order valence-electron chi connectivity index (χ1n) is 6.20. The lowest BCUT2D eigenvalue weighted by Crippen LogP contribution is -2.30. The topological polar surface area (TPSA) is 49.9 Å². The number of fused-ring (bicyclic) bond motifs is 1.